The molecule has 0 bridgehead atoms. The molecule has 0 heterocycles. The van der Waals surface area contributed by atoms with Crippen LogP contribution in [0.5, 0.6) is 0 Å². The van der Waals surface area contributed by atoms with Gasteiger partial charge in [-0.15, -0.1) is 0 Å². The first-order valence-electron chi connectivity index (χ1n) is 8.95. The van der Waals surface area contributed by atoms with Crippen LogP contribution in [0, 0.1) is 0 Å². The Balaban J connectivity index is 2.27. The van der Waals surface area contributed by atoms with E-state index in [0.717, 1.165) is 11.5 Å². The Labute approximate surface area is 158 Å². The van der Waals surface area contributed by atoms with Crippen molar-refractivity contribution in [2.45, 2.75) is 33.1 Å². The molecule has 0 saturated heterocycles. The fraction of sp³-hybridized carbons (Fsp3) is 0.250. The van der Waals surface area contributed by atoms with Gasteiger partial charge in [0.2, 0.25) is 0 Å². The van der Waals surface area contributed by atoms with Crippen LogP contribution in [0.2, 0.25) is 0 Å². The van der Waals surface area contributed by atoms with Crippen LogP contribution in [-0.4, -0.2) is 7.11 Å². The van der Waals surface area contributed by atoms with Gasteiger partial charge in [0.25, 0.3) is 0 Å². The lowest BCUT2D eigenvalue weighted by Crippen LogP contribution is -2.20. The van der Waals surface area contributed by atoms with Gasteiger partial charge >= 0.3 is 0 Å². The Morgan fingerprint density at radius 1 is 1.19 bits per heavy atom. The van der Waals surface area contributed by atoms with E-state index < -0.39 is 0 Å². The zero-order chi connectivity index (χ0) is 19.0. The van der Waals surface area contributed by atoms with Crippen LogP contribution in [0.4, 0.5) is 0 Å². The average Bonchev–Trinajstić information content (AvgIpc) is 2.67. The zero-order valence-corrected chi connectivity index (χ0v) is 16.4. The van der Waals surface area contributed by atoms with Gasteiger partial charge < -0.3 is 10.1 Å². The SMILES string of the molecule is C\C=C/C(=C\C=C\NC1=C/C=C/c2ccccc2C(C)(C)\C(C)=C\1)OC. The van der Waals surface area contributed by atoms with E-state index >= 15 is 0 Å². The molecule has 1 aromatic rings. The lowest BCUT2D eigenvalue weighted by atomic mass is 9.76. The van der Waals surface area contributed by atoms with Crippen LogP contribution >= 0.6 is 0 Å². The summed E-state index contributed by atoms with van der Waals surface area (Å²) in [7, 11) is 1.67. The molecule has 1 aliphatic carbocycles. The van der Waals surface area contributed by atoms with Gasteiger partial charge in [-0.1, -0.05) is 61.9 Å². The van der Waals surface area contributed by atoms with Gasteiger partial charge in [0, 0.05) is 17.3 Å². The van der Waals surface area contributed by atoms with Crippen molar-refractivity contribution in [2.75, 3.05) is 7.11 Å². The maximum absolute atomic E-state index is 5.27. The molecule has 0 fully saturated rings. The van der Waals surface area contributed by atoms with Crippen LogP contribution in [0.3, 0.4) is 0 Å². The standard InChI is InChI=1S/C24H29NO/c1-6-11-22(26-5)15-10-17-25-21-14-9-13-20-12-7-8-16-23(20)24(3,4)19(2)18-21/h6-18,25H,1-5H3/b11-6-,13-9+,17-10+,19-18+,21-14+,22-15+. The average molecular weight is 348 g/mol. The molecule has 2 heteroatoms. The largest absolute Gasteiger partial charge is 0.497 e. The summed E-state index contributed by atoms with van der Waals surface area (Å²) in [4.78, 5) is 0. The van der Waals surface area contributed by atoms with Gasteiger partial charge in [0.15, 0.2) is 0 Å². The van der Waals surface area contributed by atoms with Gasteiger partial charge in [-0.2, -0.15) is 0 Å². The van der Waals surface area contributed by atoms with Crippen LogP contribution < -0.4 is 5.32 Å². The van der Waals surface area contributed by atoms with Crippen LogP contribution in [0.1, 0.15) is 38.8 Å². The summed E-state index contributed by atoms with van der Waals surface area (Å²) in [5.41, 5.74) is 4.92. The highest BCUT2D eigenvalue weighted by molar-refractivity contribution is 5.60. The molecule has 0 aromatic heterocycles. The molecule has 1 aromatic carbocycles. The molecular weight excluding hydrogens is 318 g/mol. The fourth-order valence-corrected chi connectivity index (χ4v) is 2.87. The number of allylic oxidation sites excluding steroid dienone is 8. The lowest BCUT2D eigenvalue weighted by molar-refractivity contribution is 0.307. The lowest BCUT2D eigenvalue weighted by Gasteiger charge is -2.28. The van der Waals surface area contributed by atoms with Crippen molar-refractivity contribution >= 4 is 6.08 Å². The molecule has 2 rings (SSSR count). The number of nitrogens with one attached hydrogen (secondary N) is 1. The molecule has 2 nitrogen and oxygen atoms in total. The van der Waals surface area contributed by atoms with Gasteiger partial charge in [0.05, 0.1) is 7.11 Å². The Morgan fingerprint density at radius 3 is 2.69 bits per heavy atom. The summed E-state index contributed by atoms with van der Waals surface area (Å²) in [6.45, 7) is 8.71. The quantitative estimate of drug-likeness (QED) is 0.518. The Hall–Kier alpha value is -2.74. The van der Waals surface area contributed by atoms with Crippen LogP contribution in [0.15, 0.2) is 90.0 Å². The minimum atomic E-state index is -0.0369. The van der Waals surface area contributed by atoms with E-state index in [4.69, 9.17) is 4.74 Å². The summed E-state index contributed by atoms with van der Waals surface area (Å²) >= 11 is 0. The Kier molecular flexibility index (Phi) is 6.85. The molecule has 136 valence electrons. The predicted molar refractivity (Wildman–Crippen MR) is 113 cm³/mol. The summed E-state index contributed by atoms with van der Waals surface area (Å²) in [5, 5.41) is 3.36. The van der Waals surface area contributed by atoms with E-state index in [-0.39, 0.29) is 5.41 Å². The summed E-state index contributed by atoms with van der Waals surface area (Å²) in [6.07, 6.45) is 18.2. The maximum atomic E-state index is 5.27. The number of hydrogen-bond acceptors (Lipinski definition) is 2. The monoisotopic (exact) mass is 347 g/mol. The van der Waals surface area contributed by atoms with E-state index in [0.29, 0.717) is 0 Å². The molecule has 0 radical (unpaired) electrons. The fourth-order valence-electron chi connectivity index (χ4n) is 2.87. The minimum absolute atomic E-state index is 0.0369. The second-order valence-electron chi connectivity index (χ2n) is 6.80. The molecule has 26 heavy (non-hydrogen) atoms. The smallest absolute Gasteiger partial charge is 0.118 e. The second-order valence-corrected chi connectivity index (χ2v) is 6.80. The van der Waals surface area contributed by atoms with Gasteiger partial charge in [-0.05, 0) is 55.4 Å². The maximum Gasteiger partial charge on any atom is 0.118 e. The van der Waals surface area contributed by atoms with E-state index in [1.807, 2.05) is 37.4 Å². The molecule has 0 unspecified atom stereocenters. The van der Waals surface area contributed by atoms with E-state index in [1.165, 1.54) is 16.7 Å². The van der Waals surface area contributed by atoms with Gasteiger partial charge in [-0.3, -0.25) is 0 Å². The van der Waals surface area contributed by atoms with Crippen molar-refractivity contribution in [3.05, 3.63) is 101 Å². The minimum Gasteiger partial charge on any atom is -0.497 e. The van der Waals surface area contributed by atoms with E-state index in [2.05, 4.69) is 74.7 Å². The van der Waals surface area contributed by atoms with Crippen molar-refractivity contribution in [2.24, 2.45) is 0 Å². The molecular formula is C24H29NO. The second kappa shape index (κ2) is 9.10. The molecule has 0 aliphatic heterocycles. The number of rotatable bonds is 5. The summed E-state index contributed by atoms with van der Waals surface area (Å²) in [5.74, 6) is 0.817. The van der Waals surface area contributed by atoms with E-state index in [9.17, 15) is 0 Å². The van der Waals surface area contributed by atoms with Gasteiger partial charge in [-0.25, -0.2) is 0 Å². The van der Waals surface area contributed by atoms with Gasteiger partial charge in [0.1, 0.15) is 5.76 Å². The van der Waals surface area contributed by atoms with Crippen LogP contribution in [-0.2, 0) is 10.2 Å². The first-order chi connectivity index (χ1) is 12.5. The summed E-state index contributed by atoms with van der Waals surface area (Å²) < 4.78 is 5.27. The third kappa shape index (κ3) is 4.89. The number of benzene rings is 1. The summed E-state index contributed by atoms with van der Waals surface area (Å²) in [6, 6.07) is 8.59. The zero-order valence-electron chi connectivity index (χ0n) is 16.4. The number of ether oxygens (including phenoxy) is 1. The topological polar surface area (TPSA) is 21.3 Å². The molecule has 0 atom stereocenters. The predicted octanol–water partition coefficient (Wildman–Crippen LogP) is 6.03. The Morgan fingerprint density at radius 2 is 1.96 bits per heavy atom. The number of methoxy groups -OCH3 is 1. The van der Waals surface area contributed by atoms with E-state index in [1.54, 1.807) is 7.11 Å². The number of fused-ring (bicyclic) bond motifs is 1. The highest BCUT2D eigenvalue weighted by atomic mass is 16.5. The molecule has 0 spiro atoms. The number of hydrogen-bond donors (Lipinski definition) is 1. The van der Waals surface area contributed by atoms with Crippen molar-refractivity contribution < 1.29 is 4.74 Å². The first kappa shape index (κ1) is 19.6. The molecule has 1 aliphatic rings. The van der Waals surface area contributed by atoms with Crippen molar-refractivity contribution in [1.29, 1.82) is 0 Å². The van der Waals surface area contributed by atoms with Crippen molar-refractivity contribution in [1.82, 2.24) is 5.32 Å². The van der Waals surface area contributed by atoms with Crippen molar-refractivity contribution in [3.63, 3.8) is 0 Å². The third-order valence-electron chi connectivity index (χ3n) is 4.72. The molecule has 0 amide bonds. The molecule has 0 saturated carbocycles. The van der Waals surface area contributed by atoms with Crippen LogP contribution in [0.25, 0.3) is 6.08 Å². The highest BCUT2D eigenvalue weighted by Crippen LogP contribution is 2.35. The Bertz CT molecular complexity index is 801. The van der Waals surface area contributed by atoms with Crippen molar-refractivity contribution in [3.8, 4) is 0 Å². The highest BCUT2D eigenvalue weighted by Gasteiger charge is 2.25. The third-order valence-corrected chi connectivity index (χ3v) is 4.72. The normalized spacial score (nSPS) is 22.4. The first-order valence-corrected chi connectivity index (χ1v) is 8.95. The molecule has 1 N–H and O–H groups in total.